The summed E-state index contributed by atoms with van der Waals surface area (Å²) in [4.78, 5) is 33.5. The lowest BCUT2D eigenvalue weighted by molar-refractivity contribution is -0.128. The Hall–Kier alpha value is -3.01. The molecule has 8 nitrogen and oxygen atoms in total. The molecule has 0 bridgehead atoms. The van der Waals surface area contributed by atoms with E-state index in [0.717, 1.165) is 22.7 Å². The van der Waals surface area contributed by atoms with Crippen molar-refractivity contribution in [1.82, 2.24) is 19.8 Å². The lowest BCUT2D eigenvalue weighted by atomic mass is 9.88. The Morgan fingerprint density at radius 3 is 2.89 bits per heavy atom. The van der Waals surface area contributed by atoms with Crippen LogP contribution < -0.4 is 15.6 Å². The second-order valence-corrected chi connectivity index (χ2v) is 10.1. The van der Waals surface area contributed by atoms with E-state index in [1.807, 2.05) is 53.3 Å². The summed E-state index contributed by atoms with van der Waals surface area (Å²) in [5, 5.41) is 16.3. The number of methoxy groups -OCH3 is 1. The number of fused-ring (bicyclic) bond motifs is 3. The van der Waals surface area contributed by atoms with E-state index in [9.17, 15) is 14.7 Å². The number of aliphatic hydroxyl groups excluding tert-OH is 1. The average molecular weight is 495 g/mol. The molecule has 4 atom stereocenters. The highest BCUT2D eigenvalue weighted by molar-refractivity contribution is 7.09. The highest BCUT2D eigenvalue weighted by atomic mass is 32.1. The van der Waals surface area contributed by atoms with E-state index in [4.69, 9.17) is 4.74 Å². The summed E-state index contributed by atoms with van der Waals surface area (Å²) < 4.78 is 7.16. The van der Waals surface area contributed by atoms with Crippen molar-refractivity contribution in [2.45, 2.75) is 38.5 Å². The summed E-state index contributed by atoms with van der Waals surface area (Å²) in [6, 6.07) is 10.7. The van der Waals surface area contributed by atoms with Gasteiger partial charge in [-0.2, -0.15) is 0 Å². The van der Waals surface area contributed by atoms with E-state index in [2.05, 4.69) is 15.2 Å². The molecule has 9 heteroatoms. The third-order valence-corrected chi connectivity index (χ3v) is 7.96. The monoisotopic (exact) mass is 494 g/mol. The number of thiazole rings is 1. The number of ether oxygens (including phenoxy) is 1. The van der Waals surface area contributed by atoms with Crippen LogP contribution in [0.25, 0.3) is 11.1 Å². The predicted octanol–water partition coefficient (Wildman–Crippen LogP) is 2.67. The first-order chi connectivity index (χ1) is 17.1. The first-order valence-corrected chi connectivity index (χ1v) is 12.9. The van der Waals surface area contributed by atoms with E-state index in [-0.39, 0.29) is 36.0 Å². The topological polar surface area (TPSA) is 96.7 Å². The van der Waals surface area contributed by atoms with Gasteiger partial charge in [0, 0.05) is 54.4 Å². The number of hydrogen-bond acceptors (Lipinski definition) is 7. The second kappa shape index (κ2) is 9.93. The van der Waals surface area contributed by atoms with Gasteiger partial charge in [-0.3, -0.25) is 14.5 Å². The zero-order valence-electron chi connectivity index (χ0n) is 19.9. The van der Waals surface area contributed by atoms with Crippen molar-refractivity contribution in [2.75, 3.05) is 20.3 Å². The molecule has 0 aliphatic carbocycles. The SMILES string of the molecule is CCCNC(=O)[C@H]1[C@H](CO)[C@H]2Cn3c(ccc(-c4cccc(OC)c4)c3=O)[C@H]2N1Cc1nccs1. The Bertz CT molecular complexity index is 1260. The molecule has 2 aliphatic heterocycles. The molecule has 2 aromatic heterocycles. The number of carbonyl (C=O) groups is 1. The van der Waals surface area contributed by atoms with Crippen LogP contribution in [-0.4, -0.2) is 51.8 Å². The Morgan fingerprint density at radius 2 is 2.17 bits per heavy atom. The normalized spacial score (nSPS) is 23.2. The van der Waals surface area contributed by atoms with E-state index in [0.29, 0.717) is 30.9 Å². The summed E-state index contributed by atoms with van der Waals surface area (Å²) in [6.07, 6.45) is 2.60. The molecule has 184 valence electrons. The summed E-state index contributed by atoms with van der Waals surface area (Å²) in [7, 11) is 1.61. The molecule has 0 spiro atoms. The van der Waals surface area contributed by atoms with Crippen LogP contribution in [0.15, 0.2) is 52.8 Å². The van der Waals surface area contributed by atoms with Crippen molar-refractivity contribution in [3.63, 3.8) is 0 Å². The third-order valence-electron chi connectivity index (χ3n) is 7.19. The molecule has 3 aromatic rings. The van der Waals surface area contributed by atoms with E-state index < -0.39 is 6.04 Å². The molecule has 4 heterocycles. The lowest BCUT2D eigenvalue weighted by Gasteiger charge is -2.30. The minimum absolute atomic E-state index is 0.0504. The average Bonchev–Trinajstić information content (AvgIpc) is 3.59. The van der Waals surface area contributed by atoms with Crippen LogP contribution in [0.1, 0.15) is 30.1 Å². The summed E-state index contributed by atoms with van der Waals surface area (Å²) in [5.41, 5.74) is 2.23. The van der Waals surface area contributed by atoms with Gasteiger partial charge in [0.15, 0.2) is 0 Å². The van der Waals surface area contributed by atoms with Gasteiger partial charge in [0.1, 0.15) is 10.8 Å². The first-order valence-electron chi connectivity index (χ1n) is 12.0. The van der Waals surface area contributed by atoms with Gasteiger partial charge in [-0.1, -0.05) is 19.1 Å². The molecule has 1 saturated heterocycles. The Morgan fingerprint density at radius 1 is 1.31 bits per heavy atom. The Labute approximate surface area is 208 Å². The van der Waals surface area contributed by atoms with Gasteiger partial charge in [0.05, 0.1) is 25.7 Å². The van der Waals surface area contributed by atoms with Gasteiger partial charge >= 0.3 is 0 Å². The number of rotatable bonds is 8. The number of aliphatic hydroxyl groups is 1. The molecule has 35 heavy (non-hydrogen) atoms. The Kier molecular flexibility index (Phi) is 6.73. The van der Waals surface area contributed by atoms with Crippen LogP contribution in [0.3, 0.4) is 0 Å². The first kappa shape index (κ1) is 23.7. The quantitative estimate of drug-likeness (QED) is 0.500. The fourth-order valence-corrected chi connectivity index (χ4v) is 6.26. The highest BCUT2D eigenvalue weighted by Gasteiger charge is 2.55. The van der Waals surface area contributed by atoms with Gasteiger partial charge < -0.3 is 19.7 Å². The molecule has 1 amide bonds. The third kappa shape index (κ3) is 4.17. The van der Waals surface area contributed by atoms with Gasteiger partial charge in [-0.15, -0.1) is 11.3 Å². The largest absolute Gasteiger partial charge is 0.497 e. The maximum Gasteiger partial charge on any atom is 0.258 e. The fraction of sp³-hybridized carbons (Fsp3) is 0.423. The molecule has 0 radical (unpaired) electrons. The van der Waals surface area contributed by atoms with Crippen molar-refractivity contribution in [2.24, 2.45) is 11.8 Å². The number of hydrogen-bond donors (Lipinski definition) is 2. The number of benzene rings is 1. The van der Waals surface area contributed by atoms with Crippen LogP contribution in [-0.2, 0) is 17.9 Å². The van der Waals surface area contributed by atoms with Crippen LogP contribution in [0.2, 0.25) is 0 Å². The van der Waals surface area contributed by atoms with Crippen molar-refractivity contribution >= 4 is 17.2 Å². The van der Waals surface area contributed by atoms with Crippen molar-refractivity contribution in [1.29, 1.82) is 0 Å². The summed E-state index contributed by atoms with van der Waals surface area (Å²) >= 11 is 1.54. The van der Waals surface area contributed by atoms with Crippen LogP contribution >= 0.6 is 11.3 Å². The molecule has 0 unspecified atom stereocenters. The number of pyridine rings is 1. The number of likely N-dealkylation sites (tertiary alicyclic amines) is 1. The molecule has 1 aromatic carbocycles. The standard InChI is InChI=1S/C26H30N4O4S/c1-3-9-28-25(32)24-20(15-31)19-13-29-21(23(19)30(24)14-22-27-10-11-35-22)8-7-18(26(29)33)16-5-4-6-17(12-16)34-2/h4-8,10-12,19-20,23-24,31H,3,9,13-15H2,1-2H3,(H,28,32)/t19-,20-,23+,24-/m1/s1. The van der Waals surface area contributed by atoms with Crippen LogP contribution in [0.4, 0.5) is 0 Å². The van der Waals surface area contributed by atoms with Gasteiger partial charge in [0.25, 0.3) is 5.56 Å². The fourth-order valence-electron chi connectivity index (χ4n) is 5.63. The molecule has 0 saturated carbocycles. The number of carbonyl (C=O) groups excluding carboxylic acids is 1. The van der Waals surface area contributed by atoms with Gasteiger partial charge in [-0.05, 0) is 36.2 Å². The van der Waals surface area contributed by atoms with E-state index in [1.54, 1.807) is 24.6 Å². The molecule has 2 N–H and O–H groups in total. The number of aromatic nitrogens is 2. The number of nitrogens with zero attached hydrogens (tertiary/aromatic N) is 3. The molecule has 1 fully saturated rings. The molecular weight excluding hydrogens is 464 g/mol. The zero-order chi connectivity index (χ0) is 24.5. The maximum atomic E-state index is 13.6. The minimum Gasteiger partial charge on any atom is -0.497 e. The van der Waals surface area contributed by atoms with Gasteiger partial charge in [0.2, 0.25) is 5.91 Å². The molecule has 5 rings (SSSR count). The van der Waals surface area contributed by atoms with Crippen LogP contribution in [0.5, 0.6) is 5.75 Å². The second-order valence-electron chi connectivity index (χ2n) is 9.11. The molecule has 2 aliphatic rings. The lowest BCUT2D eigenvalue weighted by Crippen LogP contribution is -2.48. The molecular formula is C26H30N4O4S. The number of amides is 1. The van der Waals surface area contributed by atoms with Crippen molar-refractivity contribution < 1.29 is 14.6 Å². The summed E-state index contributed by atoms with van der Waals surface area (Å²) in [5.74, 6) is 0.293. The summed E-state index contributed by atoms with van der Waals surface area (Å²) in [6.45, 7) is 3.45. The van der Waals surface area contributed by atoms with Crippen molar-refractivity contribution in [3.05, 3.63) is 69.0 Å². The van der Waals surface area contributed by atoms with E-state index >= 15 is 0 Å². The number of nitrogens with one attached hydrogen (secondary N) is 1. The predicted molar refractivity (Wildman–Crippen MR) is 134 cm³/mol. The van der Waals surface area contributed by atoms with E-state index in [1.165, 1.54) is 0 Å². The zero-order valence-corrected chi connectivity index (χ0v) is 20.7. The highest BCUT2D eigenvalue weighted by Crippen LogP contribution is 2.50. The minimum atomic E-state index is -0.479. The van der Waals surface area contributed by atoms with Gasteiger partial charge in [-0.25, -0.2) is 4.98 Å². The Balaban J connectivity index is 1.56. The maximum absolute atomic E-state index is 13.6. The van der Waals surface area contributed by atoms with Crippen LogP contribution in [0, 0.1) is 11.8 Å². The van der Waals surface area contributed by atoms with Crippen molar-refractivity contribution in [3.8, 4) is 16.9 Å². The smallest absolute Gasteiger partial charge is 0.258 e.